The number of fused-ring (bicyclic) bond motifs is 1. The molecular weight excluding hydrogens is 417 g/mol. The summed E-state index contributed by atoms with van der Waals surface area (Å²) in [5.74, 6) is -0.305. The number of rotatable bonds is 7. The Morgan fingerprint density at radius 1 is 1.03 bits per heavy atom. The lowest BCUT2D eigenvalue weighted by Crippen LogP contribution is -2.57. The standard InChI is InChI=1S/C23H38NO6P/c1-11-24-18-15-16(21(4,5)6)14-17(22(7,8)9)19(18)30-23(24,20(25)27-10)31(26,28-12-2)29-13-3/h14-15H,11-13H2,1-10H3. The summed E-state index contributed by atoms with van der Waals surface area (Å²) >= 11 is 0. The molecule has 1 aliphatic heterocycles. The van der Waals surface area contributed by atoms with Gasteiger partial charge in [-0.05, 0) is 43.2 Å². The lowest BCUT2D eigenvalue weighted by atomic mass is 9.79. The number of hydrogen-bond donors (Lipinski definition) is 0. The molecular formula is C23H38NO6P. The summed E-state index contributed by atoms with van der Waals surface area (Å²) in [6, 6.07) is 4.10. The first kappa shape index (κ1) is 25.7. The molecule has 1 atom stereocenters. The molecule has 1 heterocycles. The highest BCUT2D eigenvalue weighted by Crippen LogP contribution is 2.67. The van der Waals surface area contributed by atoms with Crippen LogP contribution in [0.5, 0.6) is 5.75 Å². The van der Waals surface area contributed by atoms with E-state index in [0.717, 1.165) is 11.1 Å². The van der Waals surface area contributed by atoms with Gasteiger partial charge in [0, 0.05) is 12.1 Å². The van der Waals surface area contributed by atoms with Crippen LogP contribution in [0.2, 0.25) is 0 Å². The molecule has 7 nitrogen and oxygen atoms in total. The van der Waals surface area contributed by atoms with Gasteiger partial charge in [0.15, 0.2) is 5.75 Å². The van der Waals surface area contributed by atoms with Gasteiger partial charge < -0.3 is 23.4 Å². The number of anilines is 1. The van der Waals surface area contributed by atoms with Crippen LogP contribution in [-0.2, 0) is 34.0 Å². The Balaban J connectivity index is 2.94. The Morgan fingerprint density at radius 3 is 1.97 bits per heavy atom. The maximum Gasteiger partial charge on any atom is 0.407 e. The lowest BCUT2D eigenvalue weighted by molar-refractivity contribution is -0.152. The summed E-state index contributed by atoms with van der Waals surface area (Å²) in [5, 5.41) is 0. The minimum absolute atomic E-state index is 0.0899. The quantitative estimate of drug-likeness (QED) is 0.392. The number of hydrogen-bond acceptors (Lipinski definition) is 7. The molecule has 0 N–H and O–H groups in total. The Kier molecular flexibility index (Phi) is 7.26. The Hall–Kier alpha value is -1.56. The van der Waals surface area contributed by atoms with Crippen LogP contribution in [0.1, 0.15) is 73.4 Å². The van der Waals surface area contributed by atoms with Crippen LogP contribution in [0, 0.1) is 0 Å². The maximum atomic E-state index is 14.1. The number of nitrogens with zero attached hydrogens (tertiary/aromatic N) is 1. The number of carbonyl (C=O) groups is 1. The predicted octanol–water partition coefficient (Wildman–Crippen LogP) is 5.59. The van der Waals surface area contributed by atoms with Gasteiger partial charge in [0.1, 0.15) is 0 Å². The molecule has 0 radical (unpaired) electrons. The smallest absolute Gasteiger partial charge is 0.407 e. The number of esters is 1. The Bertz CT molecular complexity index is 860. The van der Waals surface area contributed by atoms with E-state index in [4.69, 9.17) is 18.5 Å². The van der Waals surface area contributed by atoms with Crippen molar-refractivity contribution in [3.05, 3.63) is 23.3 Å². The average molecular weight is 456 g/mol. The van der Waals surface area contributed by atoms with Crippen molar-refractivity contribution < 1.29 is 27.9 Å². The third-order valence-electron chi connectivity index (χ3n) is 5.38. The molecule has 2 rings (SSSR count). The van der Waals surface area contributed by atoms with Crippen LogP contribution < -0.4 is 9.64 Å². The molecule has 0 saturated carbocycles. The fraction of sp³-hybridized carbons (Fsp3) is 0.696. The average Bonchev–Trinajstić information content (AvgIpc) is 3.01. The van der Waals surface area contributed by atoms with Gasteiger partial charge in [-0.3, -0.25) is 4.57 Å². The third-order valence-corrected chi connectivity index (χ3v) is 7.84. The van der Waals surface area contributed by atoms with Gasteiger partial charge in [-0.1, -0.05) is 47.6 Å². The Labute approximate surface area is 186 Å². The van der Waals surface area contributed by atoms with Crippen molar-refractivity contribution in [2.75, 3.05) is 31.8 Å². The molecule has 0 bridgehead atoms. The third kappa shape index (κ3) is 4.24. The highest BCUT2D eigenvalue weighted by atomic mass is 31.2. The van der Waals surface area contributed by atoms with Gasteiger partial charge in [0.25, 0.3) is 0 Å². The highest BCUT2D eigenvalue weighted by Gasteiger charge is 2.69. The number of carbonyl (C=O) groups excluding carboxylic acids is 1. The van der Waals surface area contributed by atoms with Crippen LogP contribution in [0.25, 0.3) is 0 Å². The van der Waals surface area contributed by atoms with E-state index in [1.807, 2.05) is 13.0 Å². The number of methoxy groups -OCH3 is 1. The van der Waals surface area contributed by atoms with Crippen molar-refractivity contribution in [3.8, 4) is 5.75 Å². The molecule has 31 heavy (non-hydrogen) atoms. The second kappa shape index (κ2) is 8.76. The summed E-state index contributed by atoms with van der Waals surface area (Å²) in [5.41, 5.74) is 0.193. The first-order chi connectivity index (χ1) is 14.2. The van der Waals surface area contributed by atoms with Crippen molar-refractivity contribution >= 4 is 19.3 Å². The van der Waals surface area contributed by atoms with E-state index in [0.29, 0.717) is 18.0 Å². The van der Waals surface area contributed by atoms with Crippen molar-refractivity contribution in [2.24, 2.45) is 0 Å². The molecule has 0 aromatic heterocycles. The van der Waals surface area contributed by atoms with Gasteiger partial charge in [0.2, 0.25) is 0 Å². The first-order valence-corrected chi connectivity index (χ1v) is 12.4. The van der Waals surface area contributed by atoms with Gasteiger partial charge in [0.05, 0.1) is 26.0 Å². The molecule has 1 aromatic carbocycles. The zero-order chi connectivity index (χ0) is 23.8. The van der Waals surface area contributed by atoms with Crippen molar-refractivity contribution in [1.29, 1.82) is 0 Å². The predicted molar refractivity (Wildman–Crippen MR) is 123 cm³/mol. The normalized spacial score (nSPS) is 19.2. The Morgan fingerprint density at radius 2 is 1.58 bits per heavy atom. The van der Waals surface area contributed by atoms with Crippen LogP contribution >= 0.6 is 7.60 Å². The molecule has 0 saturated heterocycles. The largest absolute Gasteiger partial charge is 0.464 e. The molecule has 176 valence electrons. The first-order valence-electron chi connectivity index (χ1n) is 10.9. The molecule has 0 spiro atoms. The van der Waals surface area contributed by atoms with Crippen LogP contribution in [0.4, 0.5) is 5.69 Å². The second-order valence-corrected chi connectivity index (χ2v) is 11.8. The van der Waals surface area contributed by atoms with E-state index in [-0.39, 0.29) is 24.0 Å². The topological polar surface area (TPSA) is 74.3 Å². The van der Waals surface area contributed by atoms with Crippen molar-refractivity contribution in [1.82, 2.24) is 0 Å². The van der Waals surface area contributed by atoms with Crippen LogP contribution in [-0.4, -0.2) is 38.3 Å². The number of benzene rings is 1. The van der Waals surface area contributed by atoms with Crippen LogP contribution in [0.15, 0.2) is 12.1 Å². The molecule has 1 aliphatic rings. The fourth-order valence-electron chi connectivity index (χ4n) is 3.81. The molecule has 0 aliphatic carbocycles. The molecule has 0 amide bonds. The van der Waals surface area contributed by atoms with E-state index in [2.05, 4.69) is 47.6 Å². The zero-order valence-electron chi connectivity index (χ0n) is 20.6. The molecule has 0 fully saturated rings. The monoisotopic (exact) mass is 455 g/mol. The fourth-order valence-corrected chi connectivity index (χ4v) is 5.98. The van der Waals surface area contributed by atoms with E-state index >= 15 is 0 Å². The molecule has 1 unspecified atom stereocenters. The summed E-state index contributed by atoms with van der Waals surface area (Å²) in [7, 11) is -2.88. The summed E-state index contributed by atoms with van der Waals surface area (Å²) < 4.78 is 36.9. The number of likely N-dealkylation sites (N-methyl/N-ethyl adjacent to an activating group) is 1. The summed E-state index contributed by atoms with van der Waals surface area (Å²) in [4.78, 5) is 15.0. The van der Waals surface area contributed by atoms with Gasteiger partial charge in [-0.25, -0.2) is 4.79 Å². The zero-order valence-corrected chi connectivity index (χ0v) is 21.5. The maximum absolute atomic E-state index is 14.1. The summed E-state index contributed by atoms with van der Waals surface area (Å²) in [6.45, 7) is 18.4. The van der Waals surface area contributed by atoms with Crippen LogP contribution in [0.3, 0.4) is 0 Å². The van der Waals surface area contributed by atoms with Gasteiger partial charge >= 0.3 is 19.0 Å². The van der Waals surface area contributed by atoms with E-state index in [1.54, 1.807) is 18.7 Å². The van der Waals surface area contributed by atoms with Gasteiger partial charge in [-0.2, -0.15) is 0 Å². The number of ether oxygens (including phenoxy) is 2. The van der Waals surface area contributed by atoms with Crippen molar-refractivity contribution in [2.45, 2.75) is 78.6 Å². The molecule has 8 heteroatoms. The second-order valence-electron chi connectivity index (χ2n) is 9.65. The van der Waals surface area contributed by atoms with E-state index < -0.39 is 19.0 Å². The van der Waals surface area contributed by atoms with E-state index in [1.165, 1.54) is 7.11 Å². The SMILES string of the molecule is CCOP(=O)(OCC)C1(C(=O)OC)Oc2c(cc(C(C)(C)C)cc2C(C)(C)C)N1CC. The summed E-state index contributed by atoms with van der Waals surface area (Å²) in [6.07, 6.45) is 0. The van der Waals surface area contributed by atoms with E-state index in [9.17, 15) is 9.36 Å². The minimum atomic E-state index is -4.12. The highest BCUT2D eigenvalue weighted by molar-refractivity contribution is 7.56. The van der Waals surface area contributed by atoms with Gasteiger partial charge in [-0.15, -0.1) is 0 Å². The minimum Gasteiger partial charge on any atom is -0.464 e. The lowest BCUT2D eigenvalue weighted by Gasteiger charge is -2.38. The molecule has 1 aromatic rings. The van der Waals surface area contributed by atoms with Crippen molar-refractivity contribution in [3.63, 3.8) is 0 Å².